The topological polar surface area (TPSA) is 81.0 Å². The Morgan fingerprint density at radius 1 is 1.71 bits per heavy atom. The third-order valence-electron chi connectivity index (χ3n) is 1.54. The smallest absolute Gasteiger partial charge is 0.384 e. The molecule has 14 heavy (non-hydrogen) atoms. The summed E-state index contributed by atoms with van der Waals surface area (Å²) in [5.41, 5.74) is 6.78. The minimum atomic E-state index is -0.563. The summed E-state index contributed by atoms with van der Waals surface area (Å²) in [6.45, 7) is 3.81. The van der Waals surface area contributed by atoms with Crippen molar-refractivity contribution in [2.75, 3.05) is 12.3 Å². The van der Waals surface area contributed by atoms with E-state index in [1.165, 1.54) is 0 Å². The lowest BCUT2D eigenvalue weighted by Gasteiger charge is -1.91. The Kier molecular flexibility index (Phi) is 3.13. The fourth-order valence-electron chi connectivity index (χ4n) is 0.886. The van der Waals surface area contributed by atoms with Gasteiger partial charge in [-0.3, -0.25) is 5.10 Å². The van der Waals surface area contributed by atoms with Gasteiger partial charge in [-0.1, -0.05) is 0 Å². The largest absolute Gasteiger partial charge is 0.456 e. The molecular weight excluding hydrogens is 182 g/mol. The zero-order valence-corrected chi connectivity index (χ0v) is 8.05. The summed E-state index contributed by atoms with van der Waals surface area (Å²) in [6, 6.07) is 0. The first-order chi connectivity index (χ1) is 6.65. The number of rotatable bonds is 1. The normalized spacial score (nSPS) is 9.00. The van der Waals surface area contributed by atoms with Crippen LogP contribution in [0.5, 0.6) is 0 Å². The molecule has 0 aliphatic carbocycles. The van der Waals surface area contributed by atoms with Gasteiger partial charge in [0, 0.05) is 5.92 Å². The van der Waals surface area contributed by atoms with E-state index < -0.39 is 5.97 Å². The van der Waals surface area contributed by atoms with Crippen LogP contribution >= 0.6 is 0 Å². The van der Waals surface area contributed by atoms with Gasteiger partial charge in [-0.15, -0.1) is 0 Å². The van der Waals surface area contributed by atoms with Crippen molar-refractivity contribution in [3.63, 3.8) is 0 Å². The van der Waals surface area contributed by atoms with E-state index in [1.807, 2.05) is 0 Å². The number of carbonyl (C=O) groups excluding carboxylic acids is 1. The van der Waals surface area contributed by atoms with E-state index in [2.05, 4.69) is 26.8 Å². The fourth-order valence-corrected chi connectivity index (χ4v) is 0.886. The van der Waals surface area contributed by atoms with Crippen LogP contribution in [0.1, 0.15) is 18.2 Å². The van der Waals surface area contributed by atoms with Gasteiger partial charge < -0.3 is 10.5 Å². The van der Waals surface area contributed by atoms with Gasteiger partial charge in [-0.05, 0) is 19.8 Å². The highest BCUT2D eigenvalue weighted by molar-refractivity contribution is 5.89. The minimum absolute atomic E-state index is 0.291. The maximum absolute atomic E-state index is 10.9. The van der Waals surface area contributed by atoms with Gasteiger partial charge in [0.25, 0.3) is 0 Å². The molecule has 0 bridgehead atoms. The van der Waals surface area contributed by atoms with Gasteiger partial charge in [-0.25, -0.2) is 4.79 Å². The van der Waals surface area contributed by atoms with Crippen LogP contribution in [0.2, 0.25) is 0 Å². The first kappa shape index (κ1) is 10.1. The third kappa shape index (κ3) is 2.26. The van der Waals surface area contributed by atoms with E-state index in [4.69, 9.17) is 5.73 Å². The molecule has 0 amide bonds. The molecular formula is C9H11N3O2. The lowest BCUT2D eigenvalue weighted by molar-refractivity contribution is -0.136. The maximum Gasteiger partial charge on any atom is 0.384 e. The Morgan fingerprint density at radius 3 is 2.93 bits per heavy atom. The molecule has 1 aromatic heterocycles. The van der Waals surface area contributed by atoms with Crippen LogP contribution in [0.3, 0.4) is 0 Å². The van der Waals surface area contributed by atoms with Crippen molar-refractivity contribution in [1.29, 1.82) is 0 Å². The number of aromatic nitrogens is 2. The molecule has 0 saturated carbocycles. The first-order valence-corrected chi connectivity index (χ1v) is 4.14. The molecule has 1 aromatic rings. The quantitative estimate of drug-likeness (QED) is 0.493. The predicted octanol–water partition coefficient (Wildman–Crippen LogP) is 0.215. The van der Waals surface area contributed by atoms with Crippen molar-refractivity contribution in [3.8, 4) is 11.8 Å². The van der Waals surface area contributed by atoms with Crippen molar-refractivity contribution in [2.45, 2.75) is 13.8 Å². The van der Waals surface area contributed by atoms with Crippen LogP contribution in [0.4, 0.5) is 5.82 Å². The van der Waals surface area contributed by atoms with E-state index in [9.17, 15) is 4.79 Å². The Morgan fingerprint density at radius 2 is 2.43 bits per heavy atom. The lowest BCUT2D eigenvalue weighted by Crippen LogP contribution is -1.99. The molecule has 1 heterocycles. The monoisotopic (exact) mass is 193 g/mol. The Hall–Kier alpha value is -1.96. The molecule has 74 valence electrons. The number of anilines is 1. The number of carbonyl (C=O) groups is 1. The zero-order chi connectivity index (χ0) is 10.6. The number of nitrogens with one attached hydrogen (secondary N) is 1. The molecule has 0 unspecified atom stereocenters. The van der Waals surface area contributed by atoms with Gasteiger partial charge in [0.1, 0.15) is 0 Å². The number of ether oxygens (including phenoxy) is 1. The zero-order valence-electron chi connectivity index (χ0n) is 8.05. The molecule has 0 spiro atoms. The molecule has 1 rings (SSSR count). The molecule has 0 saturated heterocycles. The SMILES string of the molecule is CCOC(=O)C#Cc1c(N)n[nH]c1C. The van der Waals surface area contributed by atoms with Gasteiger partial charge in [-0.2, -0.15) is 5.10 Å². The molecule has 0 aliphatic rings. The van der Waals surface area contributed by atoms with Crippen LogP contribution in [0.25, 0.3) is 0 Å². The van der Waals surface area contributed by atoms with Gasteiger partial charge >= 0.3 is 5.97 Å². The van der Waals surface area contributed by atoms with E-state index in [0.717, 1.165) is 5.69 Å². The second kappa shape index (κ2) is 4.33. The average Bonchev–Trinajstić information content (AvgIpc) is 2.44. The summed E-state index contributed by atoms with van der Waals surface area (Å²) in [7, 11) is 0. The highest BCUT2D eigenvalue weighted by atomic mass is 16.5. The van der Waals surface area contributed by atoms with Gasteiger partial charge in [0.05, 0.1) is 17.9 Å². The van der Waals surface area contributed by atoms with Crippen LogP contribution in [0, 0.1) is 18.8 Å². The van der Waals surface area contributed by atoms with E-state index in [-0.39, 0.29) is 0 Å². The van der Waals surface area contributed by atoms with E-state index >= 15 is 0 Å². The molecule has 0 aliphatic heterocycles. The van der Waals surface area contributed by atoms with Crippen LogP contribution < -0.4 is 5.73 Å². The van der Waals surface area contributed by atoms with E-state index in [0.29, 0.717) is 18.0 Å². The fraction of sp³-hybridized carbons (Fsp3) is 0.333. The number of esters is 1. The van der Waals surface area contributed by atoms with Gasteiger partial charge in [0.15, 0.2) is 5.82 Å². The number of H-pyrrole nitrogens is 1. The molecule has 0 fully saturated rings. The average molecular weight is 193 g/mol. The van der Waals surface area contributed by atoms with Crippen molar-refractivity contribution in [1.82, 2.24) is 10.2 Å². The standard InChI is InChI=1S/C9H11N3O2/c1-3-14-8(13)5-4-7-6(2)11-12-9(7)10/h3H2,1-2H3,(H3,10,11,12). The number of nitrogens with zero attached hydrogens (tertiary/aromatic N) is 1. The Labute approximate surface area is 81.6 Å². The summed E-state index contributed by atoms with van der Waals surface area (Å²) in [4.78, 5) is 10.9. The number of aromatic amines is 1. The van der Waals surface area contributed by atoms with Crippen LogP contribution in [-0.4, -0.2) is 22.8 Å². The molecule has 0 aromatic carbocycles. The van der Waals surface area contributed by atoms with Crippen LogP contribution in [0.15, 0.2) is 0 Å². The molecule has 3 N–H and O–H groups in total. The molecule has 0 radical (unpaired) electrons. The second-order valence-electron chi connectivity index (χ2n) is 2.58. The predicted molar refractivity (Wildman–Crippen MR) is 51.2 cm³/mol. The Bertz CT molecular complexity index is 378. The summed E-state index contributed by atoms with van der Waals surface area (Å²) in [5.74, 6) is 4.65. The molecule has 5 heteroatoms. The summed E-state index contributed by atoms with van der Waals surface area (Å²) in [6.07, 6.45) is 0. The third-order valence-corrected chi connectivity index (χ3v) is 1.54. The second-order valence-corrected chi connectivity index (χ2v) is 2.58. The van der Waals surface area contributed by atoms with Crippen molar-refractivity contribution < 1.29 is 9.53 Å². The number of hydrogen-bond donors (Lipinski definition) is 2. The van der Waals surface area contributed by atoms with Crippen LogP contribution in [-0.2, 0) is 9.53 Å². The number of aryl methyl sites for hydroxylation is 1. The number of nitrogens with two attached hydrogens (primary N) is 1. The highest BCUT2D eigenvalue weighted by Crippen LogP contribution is 2.09. The van der Waals surface area contributed by atoms with Gasteiger partial charge in [0.2, 0.25) is 0 Å². The van der Waals surface area contributed by atoms with Crippen molar-refractivity contribution >= 4 is 11.8 Å². The minimum Gasteiger partial charge on any atom is -0.456 e. The molecule has 5 nitrogen and oxygen atoms in total. The Balaban J connectivity index is 2.82. The molecule has 0 atom stereocenters. The summed E-state index contributed by atoms with van der Waals surface area (Å²) < 4.78 is 4.64. The highest BCUT2D eigenvalue weighted by Gasteiger charge is 2.03. The van der Waals surface area contributed by atoms with E-state index in [1.54, 1.807) is 13.8 Å². The lowest BCUT2D eigenvalue weighted by atomic mass is 10.2. The van der Waals surface area contributed by atoms with Crippen molar-refractivity contribution in [2.24, 2.45) is 0 Å². The maximum atomic E-state index is 10.9. The summed E-state index contributed by atoms with van der Waals surface area (Å²) >= 11 is 0. The van der Waals surface area contributed by atoms with Crippen molar-refractivity contribution in [3.05, 3.63) is 11.3 Å². The number of nitrogen functional groups attached to an aromatic ring is 1. The number of hydrogen-bond acceptors (Lipinski definition) is 4. The first-order valence-electron chi connectivity index (χ1n) is 4.14. The summed E-state index contributed by atoms with van der Waals surface area (Å²) in [5, 5.41) is 6.40.